The number of aliphatic hydroxyl groups excluding tert-OH is 1. The zero-order valence-electron chi connectivity index (χ0n) is 11.2. The van der Waals surface area contributed by atoms with Gasteiger partial charge in [-0.15, -0.1) is 6.58 Å². The Labute approximate surface area is 112 Å². The molecule has 0 radical (unpaired) electrons. The van der Waals surface area contributed by atoms with Crippen molar-refractivity contribution >= 4 is 5.91 Å². The standard InChI is InChI=1S/C14H19NO4/c1-4-7-15-14(17)9-19-12-6-5-11(10(2)16)8-13(12)18-3/h4-6,8,10,16H,1,7,9H2,2-3H3,(H,15,17)/t10-/m0/s1. The monoisotopic (exact) mass is 265 g/mol. The second-order valence-corrected chi connectivity index (χ2v) is 3.97. The zero-order chi connectivity index (χ0) is 14.3. The summed E-state index contributed by atoms with van der Waals surface area (Å²) in [6.07, 6.45) is 1.01. The van der Waals surface area contributed by atoms with Gasteiger partial charge >= 0.3 is 0 Å². The summed E-state index contributed by atoms with van der Waals surface area (Å²) in [4.78, 5) is 11.4. The van der Waals surface area contributed by atoms with Crippen LogP contribution >= 0.6 is 0 Å². The minimum atomic E-state index is -0.584. The molecule has 0 aliphatic rings. The zero-order valence-corrected chi connectivity index (χ0v) is 11.2. The number of carbonyl (C=O) groups excluding carboxylic acids is 1. The van der Waals surface area contributed by atoms with Crippen molar-refractivity contribution in [1.29, 1.82) is 0 Å². The Morgan fingerprint density at radius 3 is 2.84 bits per heavy atom. The molecule has 2 N–H and O–H groups in total. The van der Waals surface area contributed by atoms with E-state index in [-0.39, 0.29) is 12.5 Å². The number of methoxy groups -OCH3 is 1. The first kappa shape index (κ1) is 15.0. The van der Waals surface area contributed by atoms with Crippen LogP contribution in [0.15, 0.2) is 30.9 Å². The van der Waals surface area contributed by atoms with E-state index in [1.807, 2.05) is 0 Å². The van der Waals surface area contributed by atoms with E-state index in [4.69, 9.17) is 9.47 Å². The van der Waals surface area contributed by atoms with Gasteiger partial charge in [-0.2, -0.15) is 0 Å². The summed E-state index contributed by atoms with van der Waals surface area (Å²) >= 11 is 0. The van der Waals surface area contributed by atoms with Crippen molar-refractivity contribution in [3.63, 3.8) is 0 Å². The van der Waals surface area contributed by atoms with Crippen LogP contribution in [0.2, 0.25) is 0 Å². The number of carbonyl (C=O) groups is 1. The van der Waals surface area contributed by atoms with Crippen LogP contribution < -0.4 is 14.8 Å². The number of hydrogen-bond acceptors (Lipinski definition) is 4. The summed E-state index contributed by atoms with van der Waals surface area (Å²) in [5.74, 6) is 0.706. The molecule has 1 rings (SSSR count). The number of rotatable bonds is 7. The van der Waals surface area contributed by atoms with Crippen molar-refractivity contribution in [2.75, 3.05) is 20.3 Å². The van der Waals surface area contributed by atoms with E-state index in [9.17, 15) is 9.90 Å². The largest absolute Gasteiger partial charge is 0.493 e. The van der Waals surface area contributed by atoms with Crippen LogP contribution in [-0.2, 0) is 4.79 Å². The summed E-state index contributed by atoms with van der Waals surface area (Å²) in [5, 5.41) is 12.1. The average molecular weight is 265 g/mol. The highest BCUT2D eigenvalue weighted by molar-refractivity contribution is 5.77. The van der Waals surface area contributed by atoms with Gasteiger partial charge in [-0.1, -0.05) is 12.1 Å². The molecule has 1 aromatic carbocycles. The summed E-state index contributed by atoms with van der Waals surface area (Å²) in [6.45, 7) is 5.47. The van der Waals surface area contributed by atoms with E-state index in [0.29, 0.717) is 18.0 Å². The van der Waals surface area contributed by atoms with Crippen molar-refractivity contribution in [2.24, 2.45) is 0 Å². The smallest absolute Gasteiger partial charge is 0.258 e. The van der Waals surface area contributed by atoms with Gasteiger partial charge in [0.2, 0.25) is 0 Å². The fourth-order valence-corrected chi connectivity index (χ4v) is 1.44. The number of aliphatic hydroxyl groups is 1. The van der Waals surface area contributed by atoms with Gasteiger partial charge in [0, 0.05) is 6.54 Å². The third-order valence-electron chi connectivity index (χ3n) is 2.47. The lowest BCUT2D eigenvalue weighted by atomic mass is 10.1. The Bertz CT molecular complexity index is 443. The quantitative estimate of drug-likeness (QED) is 0.732. The molecule has 0 aromatic heterocycles. The fourth-order valence-electron chi connectivity index (χ4n) is 1.44. The number of hydrogen-bond donors (Lipinski definition) is 2. The Hall–Kier alpha value is -2.01. The molecule has 0 spiro atoms. The Morgan fingerprint density at radius 1 is 1.53 bits per heavy atom. The summed E-state index contributed by atoms with van der Waals surface area (Å²) in [6, 6.07) is 5.08. The Balaban J connectivity index is 2.67. The van der Waals surface area contributed by atoms with Crippen molar-refractivity contribution in [1.82, 2.24) is 5.32 Å². The van der Waals surface area contributed by atoms with E-state index < -0.39 is 6.10 Å². The Morgan fingerprint density at radius 2 is 2.26 bits per heavy atom. The fraction of sp³-hybridized carbons (Fsp3) is 0.357. The maximum atomic E-state index is 11.4. The first-order valence-electron chi connectivity index (χ1n) is 5.95. The molecule has 1 amide bonds. The van der Waals surface area contributed by atoms with Crippen molar-refractivity contribution in [3.8, 4) is 11.5 Å². The number of amides is 1. The van der Waals surface area contributed by atoms with E-state index in [1.165, 1.54) is 7.11 Å². The molecule has 104 valence electrons. The van der Waals surface area contributed by atoms with E-state index >= 15 is 0 Å². The molecular weight excluding hydrogens is 246 g/mol. The topological polar surface area (TPSA) is 67.8 Å². The molecule has 0 heterocycles. The Kier molecular flexibility index (Phi) is 5.89. The van der Waals surface area contributed by atoms with E-state index in [1.54, 1.807) is 31.2 Å². The second-order valence-electron chi connectivity index (χ2n) is 3.97. The van der Waals surface area contributed by atoms with Gasteiger partial charge in [0.25, 0.3) is 5.91 Å². The molecule has 19 heavy (non-hydrogen) atoms. The lowest BCUT2D eigenvalue weighted by Crippen LogP contribution is -2.28. The van der Waals surface area contributed by atoms with Crippen LogP contribution in [0.5, 0.6) is 11.5 Å². The maximum absolute atomic E-state index is 11.4. The molecule has 5 heteroatoms. The highest BCUT2D eigenvalue weighted by Crippen LogP contribution is 2.30. The second kappa shape index (κ2) is 7.43. The van der Waals surface area contributed by atoms with Gasteiger partial charge < -0.3 is 19.9 Å². The highest BCUT2D eigenvalue weighted by atomic mass is 16.5. The van der Waals surface area contributed by atoms with Crippen LogP contribution in [0, 0.1) is 0 Å². The molecule has 0 fully saturated rings. The molecule has 0 aliphatic heterocycles. The van der Waals surface area contributed by atoms with E-state index in [0.717, 1.165) is 5.56 Å². The van der Waals surface area contributed by atoms with Crippen molar-refractivity contribution < 1.29 is 19.4 Å². The van der Waals surface area contributed by atoms with Gasteiger partial charge in [0.1, 0.15) is 0 Å². The van der Waals surface area contributed by atoms with Gasteiger partial charge in [-0.05, 0) is 24.6 Å². The molecule has 0 saturated carbocycles. The van der Waals surface area contributed by atoms with E-state index in [2.05, 4.69) is 11.9 Å². The SMILES string of the molecule is C=CCNC(=O)COc1ccc([C@H](C)O)cc1OC. The lowest BCUT2D eigenvalue weighted by Gasteiger charge is -2.13. The predicted molar refractivity (Wildman–Crippen MR) is 72.3 cm³/mol. The molecule has 0 aliphatic carbocycles. The average Bonchev–Trinajstić information content (AvgIpc) is 2.42. The summed E-state index contributed by atoms with van der Waals surface area (Å²) in [5.41, 5.74) is 0.723. The number of nitrogens with one attached hydrogen (secondary N) is 1. The van der Waals surface area contributed by atoms with Gasteiger partial charge in [0.05, 0.1) is 13.2 Å². The minimum absolute atomic E-state index is 0.0990. The van der Waals surface area contributed by atoms with Crippen LogP contribution in [-0.4, -0.2) is 31.3 Å². The molecule has 1 aromatic rings. The van der Waals surface area contributed by atoms with Crippen LogP contribution in [0.25, 0.3) is 0 Å². The van der Waals surface area contributed by atoms with Crippen molar-refractivity contribution in [3.05, 3.63) is 36.4 Å². The maximum Gasteiger partial charge on any atom is 0.258 e. The lowest BCUT2D eigenvalue weighted by molar-refractivity contribution is -0.122. The molecular formula is C14H19NO4. The summed E-state index contributed by atoms with van der Waals surface area (Å²) < 4.78 is 10.5. The molecule has 0 bridgehead atoms. The van der Waals surface area contributed by atoms with Crippen molar-refractivity contribution in [2.45, 2.75) is 13.0 Å². The van der Waals surface area contributed by atoms with Gasteiger partial charge in [-0.25, -0.2) is 0 Å². The van der Waals surface area contributed by atoms with Crippen LogP contribution in [0.1, 0.15) is 18.6 Å². The third kappa shape index (κ3) is 4.63. The molecule has 1 atom stereocenters. The third-order valence-corrected chi connectivity index (χ3v) is 2.47. The first-order chi connectivity index (χ1) is 9.08. The molecule has 5 nitrogen and oxygen atoms in total. The highest BCUT2D eigenvalue weighted by Gasteiger charge is 2.10. The number of ether oxygens (including phenoxy) is 2. The summed E-state index contributed by atoms with van der Waals surface area (Å²) in [7, 11) is 1.51. The predicted octanol–water partition coefficient (Wildman–Crippen LogP) is 1.43. The van der Waals surface area contributed by atoms with Gasteiger partial charge in [0.15, 0.2) is 18.1 Å². The molecule has 0 unspecified atom stereocenters. The number of benzene rings is 1. The van der Waals surface area contributed by atoms with Crippen LogP contribution in [0.4, 0.5) is 0 Å². The van der Waals surface area contributed by atoms with Gasteiger partial charge in [-0.3, -0.25) is 4.79 Å². The molecule has 0 saturated heterocycles. The van der Waals surface area contributed by atoms with Crippen LogP contribution in [0.3, 0.4) is 0 Å². The minimum Gasteiger partial charge on any atom is -0.493 e. The normalized spacial score (nSPS) is 11.5. The first-order valence-corrected chi connectivity index (χ1v) is 5.95.